The lowest BCUT2D eigenvalue weighted by atomic mass is 10.1. The van der Waals surface area contributed by atoms with Crippen LogP contribution in [0, 0.1) is 5.82 Å². The van der Waals surface area contributed by atoms with Crippen LogP contribution in [0.25, 0.3) is 10.9 Å². The third kappa shape index (κ3) is 1.30. The van der Waals surface area contributed by atoms with E-state index in [2.05, 4.69) is 11.9 Å². The van der Waals surface area contributed by atoms with Gasteiger partial charge in [0.25, 0.3) is 0 Å². The summed E-state index contributed by atoms with van der Waals surface area (Å²) in [6.45, 7) is 2.55. The fourth-order valence-electron chi connectivity index (χ4n) is 1.86. The van der Waals surface area contributed by atoms with E-state index < -0.39 is 0 Å². The van der Waals surface area contributed by atoms with Crippen LogP contribution in [0.3, 0.4) is 0 Å². The third-order valence-corrected chi connectivity index (χ3v) is 2.51. The highest BCUT2D eigenvalue weighted by atomic mass is 19.1. The van der Waals surface area contributed by atoms with E-state index in [0.717, 1.165) is 23.0 Å². The summed E-state index contributed by atoms with van der Waals surface area (Å²) in [7, 11) is 0. The number of hydrogen-bond donors (Lipinski definition) is 2. The number of nitrogens with two attached hydrogens (primary N) is 1. The molecule has 14 heavy (non-hydrogen) atoms. The number of hydrogen-bond acceptors (Lipinski definition) is 1. The number of H-pyrrole nitrogens is 1. The fraction of sp³-hybridized carbons (Fsp3) is 0.273. The van der Waals surface area contributed by atoms with Crippen molar-refractivity contribution in [3.8, 4) is 0 Å². The molecule has 0 aliphatic heterocycles. The second kappa shape index (κ2) is 3.42. The van der Waals surface area contributed by atoms with Crippen LogP contribution >= 0.6 is 0 Å². The molecule has 0 spiro atoms. The molecule has 2 nitrogen and oxygen atoms in total. The first-order valence-electron chi connectivity index (χ1n) is 4.75. The van der Waals surface area contributed by atoms with Gasteiger partial charge < -0.3 is 10.7 Å². The molecule has 0 amide bonds. The normalized spacial score (nSPS) is 11.1. The number of rotatable bonds is 2. The summed E-state index contributed by atoms with van der Waals surface area (Å²) in [4.78, 5) is 3.14. The van der Waals surface area contributed by atoms with Crippen LogP contribution in [0.15, 0.2) is 18.2 Å². The quantitative estimate of drug-likeness (QED) is 0.753. The highest BCUT2D eigenvalue weighted by Gasteiger charge is 2.08. The predicted octanol–water partition coefficient (Wildman–Crippen LogP) is 2.33. The highest BCUT2D eigenvalue weighted by molar-refractivity contribution is 5.84. The Morgan fingerprint density at radius 3 is 2.86 bits per heavy atom. The number of aryl methyl sites for hydroxylation is 1. The van der Waals surface area contributed by atoms with Crippen LogP contribution in [-0.4, -0.2) is 4.98 Å². The van der Waals surface area contributed by atoms with Crippen molar-refractivity contribution in [3.05, 3.63) is 35.3 Å². The molecule has 3 heteroatoms. The van der Waals surface area contributed by atoms with Crippen molar-refractivity contribution in [3.63, 3.8) is 0 Å². The number of nitrogens with one attached hydrogen (secondary N) is 1. The Hall–Kier alpha value is -1.35. The average Bonchev–Trinajstić information content (AvgIpc) is 2.54. The van der Waals surface area contributed by atoms with Crippen molar-refractivity contribution in [2.24, 2.45) is 5.73 Å². The molecule has 0 aliphatic carbocycles. The second-order valence-electron chi connectivity index (χ2n) is 3.33. The predicted molar refractivity (Wildman–Crippen MR) is 55.5 cm³/mol. The van der Waals surface area contributed by atoms with E-state index in [-0.39, 0.29) is 5.82 Å². The molecule has 3 N–H and O–H groups in total. The molecule has 1 heterocycles. The van der Waals surface area contributed by atoms with E-state index in [1.54, 1.807) is 6.07 Å². The minimum Gasteiger partial charge on any atom is -0.357 e. The highest BCUT2D eigenvalue weighted by Crippen LogP contribution is 2.23. The summed E-state index contributed by atoms with van der Waals surface area (Å²) in [5.74, 6) is -0.218. The molecule has 0 atom stereocenters. The molecule has 0 saturated carbocycles. The van der Waals surface area contributed by atoms with E-state index >= 15 is 0 Å². The van der Waals surface area contributed by atoms with Crippen molar-refractivity contribution < 1.29 is 4.39 Å². The molecule has 0 unspecified atom stereocenters. The van der Waals surface area contributed by atoms with E-state index in [1.165, 1.54) is 17.7 Å². The number of aromatic nitrogens is 1. The monoisotopic (exact) mass is 192 g/mol. The number of aromatic amines is 1. The third-order valence-electron chi connectivity index (χ3n) is 2.51. The molecule has 2 aromatic rings. The zero-order valence-electron chi connectivity index (χ0n) is 8.10. The molecular weight excluding hydrogens is 179 g/mol. The lowest BCUT2D eigenvalue weighted by Crippen LogP contribution is -1.99. The van der Waals surface area contributed by atoms with Crippen LogP contribution in [0.2, 0.25) is 0 Å². The van der Waals surface area contributed by atoms with Crippen molar-refractivity contribution in [1.29, 1.82) is 0 Å². The molecule has 0 bridgehead atoms. The zero-order valence-corrected chi connectivity index (χ0v) is 8.10. The molecule has 74 valence electrons. The Morgan fingerprint density at radius 2 is 2.21 bits per heavy atom. The molecule has 1 aromatic heterocycles. The van der Waals surface area contributed by atoms with Crippen LogP contribution in [0.5, 0.6) is 0 Å². The van der Waals surface area contributed by atoms with Crippen molar-refractivity contribution in [1.82, 2.24) is 4.98 Å². The molecule has 0 fully saturated rings. The van der Waals surface area contributed by atoms with Gasteiger partial charge in [0.1, 0.15) is 5.82 Å². The topological polar surface area (TPSA) is 41.8 Å². The standard InChI is InChI=1S/C11H13FN2/c1-2-8-9-4-3-7(12)5-10(9)14-11(8)6-13/h3-5,14H,2,6,13H2,1H3. The minimum absolute atomic E-state index is 0.218. The summed E-state index contributed by atoms with van der Waals surface area (Å²) >= 11 is 0. The van der Waals surface area contributed by atoms with Crippen LogP contribution in [-0.2, 0) is 13.0 Å². The summed E-state index contributed by atoms with van der Waals surface area (Å²) in [6.07, 6.45) is 0.915. The largest absolute Gasteiger partial charge is 0.357 e. The van der Waals surface area contributed by atoms with E-state index in [1.807, 2.05) is 0 Å². The number of halogens is 1. The maximum absolute atomic E-state index is 12.9. The second-order valence-corrected chi connectivity index (χ2v) is 3.33. The minimum atomic E-state index is -0.218. The van der Waals surface area contributed by atoms with Crippen molar-refractivity contribution >= 4 is 10.9 Å². The van der Waals surface area contributed by atoms with Crippen molar-refractivity contribution in [2.45, 2.75) is 19.9 Å². The van der Waals surface area contributed by atoms with Crippen LogP contribution in [0.4, 0.5) is 4.39 Å². The van der Waals surface area contributed by atoms with Gasteiger partial charge in [0.15, 0.2) is 0 Å². The van der Waals surface area contributed by atoms with Crippen LogP contribution in [0.1, 0.15) is 18.2 Å². The van der Waals surface area contributed by atoms with Gasteiger partial charge in [-0.1, -0.05) is 6.92 Å². The first-order valence-corrected chi connectivity index (χ1v) is 4.75. The lowest BCUT2D eigenvalue weighted by molar-refractivity contribution is 0.629. The zero-order chi connectivity index (χ0) is 10.1. The molecule has 0 saturated heterocycles. The van der Waals surface area contributed by atoms with Crippen molar-refractivity contribution in [2.75, 3.05) is 0 Å². The van der Waals surface area contributed by atoms with Crippen LogP contribution < -0.4 is 5.73 Å². The Kier molecular flexibility index (Phi) is 2.25. The van der Waals surface area contributed by atoms with E-state index in [4.69, 9.17) is 5.73 Å². The smallest absolute Gasteiger partial charge is 0.125 e. The van der Waals surface area contributed by atoms with E-state index in [0.29, 0.717) is 6.54 Å². The van der Waals surface area contributed by atoms with Gasteiger partial charge in [-0.15, -0.1) is 0 Å². The first-order chi connectivity index (χ1) is 6.76. The molecule has 0 aliphatic rings. The molecule has 2 rings (SSSR count). The Balaban J connectivity index is 2.73. The van der Waals surface area contributed by atoms with Gasteiger partial charge in [-0.05, 0) is 30.2 Å². The van der Waals surface area contributed by atoms with Gasteiger partial charge in [0.05, 0.1) is 0 Å². The molecule has 1 aromatic carbocycles. The molecular formula is C11H13FN2. The lowest BCUT2D eigenvalue weighted by Gasteiger charge is -1.96. The first kappa shape index (κ1) is 9.21. The molecule has 0 radical (unpaired) electrons. The van der Waals surface area contributed by atoms with Gasteiger partial charge in [0, 0.05) is 23.1 Å². The summed E-state index contributed by atoms with van der Waals surface area (Å²) in [5, 5.41) is 1.08. The van der Waals surface area contributed by atoms with Gasteiger partial charge in [-0.3, -0.25) is 0 Å². The van der Waals surface area contributed by atoms with Gasteiger partial charge in [-0.2, -0.15) is 0 Å². The summed E-state index contributed by atoms with van der Waals surface area (Å²) < 4.78 is 12.9. The average molecular weight is 192 g/mol. The fourth-order valence-corrected chi connectivity index (χ4v) is 1.86. The van der Waals surface area contributed by atoms with E-state index in [9.17, 15) is 4.39 Å². The van der Waals surface area contributed by atoms with Gasteiger partial charge in [0.2, 0.25) is 0 Å². The maximum Gasteiger partial charge on any atom is 0.125 e. The van der Waals surface area contributed by atoms with Gasteiger partial charge in [-0.25, -0.2) is 4.39 Å². The Bertz CT molecular complexity index is 460. The maximum atomic E-state index is 12.9. The Labute approximate surface area is 81.9 Å². The van der Waals surface area contributed by atoms with Gasteiger partial charge >= 0.3 is 0 Å². The Morgan fingerprint density at radius 1 is 1.43 bits per heavy atom. The number of fused-ring (bicyclic) bond motifs is 1. The number of benzene rings is 1. The summed E-state index contributed by atoms with van der Waals surface area (Å²) in [5.41, 5.74) is 8.64. The SMILES string of the molecule is CCc1c(CN)[nH]c2cc(F)ccc12. The summed E-state index contributed by atoms with van der Waals surface area (Å²) in [6, 6.07) is 4.79.